The van der Waals surface area contributed by atoms with Gasteiger partial charge in [0.05, 0.1) is 12.8 Å². The quantitative estimate of drug-likeness (QED) is 0.320. The van der Waals surface area contributed by atoms with Crippen LogP contribution in [0.4, 0.5) is 5.69 Å². The first kappa shape index (κ1) is 23.8. The van der Waals surface area contributed by atoms with Gasteiger partial charge in [0.2, 0.25) is 0 Å². The smallest absolute Gasteiger partial charge is 0.191 e. The maximum atomic E-state index is 5.52. The molecular formula is C22H33IN4OS. The highest BCUT2D eigenvalue weighted by atomic mass is 127. The highest BCUT2D eigenvalue weighted by Crippen LogP contribution is 2.31. The number of methoxy groups -OCH3 is 1. The van der Waals surface area contributed by atoms with E-state index in [9.17, 15) is 0 Å². The summed E-state index contributed by atoms with van der Waals surface area (Å²) in [7, 11) is 3.58. The topological polar surface area (TPSA) is 48.9 Å². The first-order valence-electron chi connectivity index (χ1n) is 9.99. The van der Waals surface area contributed by atoms with Crippen molar-refractivity contribution < 1.29 is 4.74 Å². The summed E-state index contributed by atoms with van der Waals surface area (Å²) in [5.74, 6) is 2.43. The van der Waals surface area contributed by atoms with Crippen LogP contribution in [0.2, 0.25) is 0 Å². The number of guanidine groups is 1. The summed E-state index contributed by atoms with van der Waals surface area (Å²) in [4.78, 5) is 9.60. The molecule has 0 amide bonds. The summed E-state index contributed by atoms with van der Waals surface area (Å²) < 4.78 is 5.52. The minimum absolute atomic E-state index is 0. The fourth-order valence-corrected chi connectivity index (χ4v) is 4.74. The second-order valence-electron chi connectivity index (χ2n) is 7.49. The Balaban J connectivity index is 0.00000300. The zero-order chi connectivity index (χ0) is 19.9. The Hall–Kier alpha value is -1.48. The maximum Gasteiger partial charge on any atom is 0.191 e. The largest absolute Gasteiger partial charge is 0.495 e. The van der Waals surface area contributed by atoms with Crippen LogP contribution in [0.25, 0.3) is 0 Å². The van der Waals surface area contributed by atoms with E-state index in [4.69, 9.17) is 4.74 Å². The predicted molar refractivity (Wildman–Crippen MR) is 135 cm³/mol. The molecule has 1 saturated heterocycles. The fraction of sp³-hybridized carbons (Fsp3) is 0.500. The van der Waals surface area contributed by atoms with Gasteiger partial charge in [-0.2, -0.15) is 0 Å². The molecule has 1 aromatic heterocycles. The average molecular weight is 529 g/mol. The molecule has 29 heavy (non-hydrogen) atoms. The van der Waals surface area contributed by atoms with E-state index < -0.39 is 0 Å². The van der Waals surface area contributed by atoms with Gasteiger partial charge in [-0.1, -0.05) is 12.1 Å². The third-order valence-corrected chi connectivity index (χ3v) is 6.20. The molecule has 2 unspecified atom stereocenters. The zero-order valence-corrected chi connectivity index (χ0v) is 20.9. The van der Waals surface area contributed by atoms with Gasteiger partial charge >= 0.3 is 0 Å². The summed E-state index contributed by atoms with van der Waals surface area (Å²) in [6, 6.07) is 13.0. The molecule has 0 radical (unpaired) electrons. The van der Waals surface area contributed by atoms with E-state index in [0.29, 0.717) is 12.0 Å². The molecule has 1 fully saturated rings. The van der Waals surface area contributed by atoms with E-state index in [2.05, 4.69) is 58.6 Å². The molecule has 5 nitrogen and oxygen atoms in total. The molecular weight excluding hydrogens is 495 g/mol. The molecule has 0 saturated carbocycles. The molecule has 160 valence electrons. The number of ether oxygens (including phenoxy) is 1. The Kier molecular flexibility index (Phi) is 9.55. The van der Waals surface area contributed by atoms with E-state index in [1.54, 1.807) is 7.11 Å². The van der Waals surface area contributed by atoms with Crippen molar-refractivity contribution in [2.45, 2.75) is 32.7 Å². The van der Waals surface area contributed by atoms with E-state index in [0.717, 1.165) is 37.8 Å². The second kappa shape index (κ2) is 11.6. The number of rotatable bonds is 7. The monoisotopic (exact) mass is 528 g/mol. The normalized spacial score (nSPS) is 17.6. The molecule has 7 heteroatoms. The lowest BCUT2D eigenvalue weighted by Gasteiger charge is -2.22. The first-order chi connectivity index (χ1) is 13.6. The maximum absolute atomic E-state index is 5.52. The minimum Gasteiger partial charge on any atom is -0.495 e. The number of thiophene rings is 1. The molecule has 2 atom stereocenters. The zero-order valence-electron chi connectivity index (χ0n) is 17.8. The van der Waals surface area contributed by atoms with Gasteiger partial charge in [-0.3, -0.25) is 4.99 Å². The van der Waals surface area contributed by atoms with Crippen molar-refractivity contribution in [2.24, 2.45) is 10.9 Å². The van der Waals surface area contributed by atoms with Crippen molar-refractivity contribution in [2.75, 3.05) is 38.7 Å². The fourth-order valence-electron chi connectivity index (χ4n) is 3.73. The van der Waals surface area contributed by atoms with Crippen LogP contribution in [0.5, 0.6) is 5.75 Å². The summed E-state index contributed by atoms with van der Waals surface area (Å²) >= 11 is 1.87. The van der Waals surface area contributed by atoms with Crippen LogP contribution in [-0.2, 0) is 6.42 Å². The third kappa shape index (κ3) is 6.77. The number of halogens is 1. The van der Waals surface area contributed by atoms with Crippen molar-refractivity contribution >= 4 is 47.0 Å². The van der Waals surface area contributed by atoms with Crippen LogP contribution in [0.3, 0.4) is 0 Å². The van der Waals surface area contributed by atoms with E-state index in [1.807, 2.05) is 30.5 Å². The highest BCUT2D eigenvalue weighted by Gasteiger charge is 2.24. The molecule has 2 aromatic rings. The summed E-state index contributed by atoms with van der Waals surface area (Å²) in [5, 5.41) is 7.04. The molecule has 1 aliphatic rings. The molecule has 2 heterocycles. The number of nitrogens with one attached hydrogen (secondary N) is 2. The third-order valence-electron chi connectivity index (χ3n) is 5.18. The SMILES string of the molecule is CN=C(NCC1CCN(c2ccccc2OC)C1)NC(C)Cc1ccc(C)s1.I. The number of benzene rings is 1. The second-order valence-corrected chi connectivity index (χ2v) is 8.86. The summed E-state index contributed by atoms with van der Waals surface area (Å²) in [5.41, 5.74) is 1.19. The van der Waals surface area contributed by atoms with E-state index in [1.165, 1.54) is 21.9 Å². The molecule has 0 aliphatic carbocycles. The number of aliphatic imine (C=N–C) groups is 1. The van der Waals surface area contributed by atoms with Gasteiger partial charge in [0.1, 0.15) is 5.75 Å². The molecule has 2 N–H and O–H groups in total. The van der Waals surface area contributed by atoms with Crippen LogP contribution in [0.15, 0.2) is 41.4 Å². The van der Waals surface area contributed by atoms with Crippen molar-refractivity contribution in [1.29, 1.82) is 0 Å². The molecule has 0 spiro atoms. The van der Waals surface area contributed by atoms with Crippen molar-refractivity contribution in [3.05, 3.63) is 46.2 Å². The van der Waals surface area contributed by atoms with Gasteiger partial charge in [-0.25, -0.2) is 0 Å². The van der Waals surface area contributed by atoms with Crippen LogP contribution in [0.1, 0.15) is 23.1 Å². The highest BCUT2D eigenvalue weighted by molar-refractivity contribution is 14.0. The van der Waals surface area contributed by atoms with Gasteiger partial charge in [-0.05, 0) is 50.5 Å². The van der Waals surface area contributed by atoms with Crippen molar-refractivity contribution in [3.8, 4) is 5.75 Å². The number of nitrogens with zero attached hydrogens (tertiary/aromatic N) is 2. The predicted octanol–water partition coefficient (Wildman–Crippen LogP) is 4.31. The molecule has 1 aromatic carbocycles. The number of anilines is 1. The number of hydrogen-bond acceptors (Lipinski definition) is 4. The van der Waals surface area contributed by atoms with Crippen LogP contribution >= 0.6 is 35.3 Å². The van der Waals surface area contributed by atoms with Crippen LogP contribution in [0, 0.1) is 12.8 Å². The Morgan fingerprint density at radius 2 is 2.10 bits per heavy atom. The summed E-state index contributed by atoms with van der Waals surface area (Å²) in [6.45, 7) is 7.39. The lowest BCUT2D eigenvalue weighted by molar-refractivity contribution is 0.414. The Morgan fingerprint density at radius 1 is 1.31 bits per heavy atom. The lowest BCUT2D eigenvalue weighted by atomic mass is 10.1. The van der Waals surface area contributed by atoms with Crippen LogP contribution in [-0.4, -0.2) is 45.8 Å². The van der Waals surface area contributed by atoms with Gasteiger partial charge in [0.15, 0.2) is 5.96 Å². The first-order valence-corrected chi connectivity index (χ1v) is 10.8. The molecule has 1 aliphatic heterocycles. The van der Waals surface area contributed by atoms with Crippen molar-refractivity contribution in [1.82, 2.24) is 10.6 Å². The van der Waals surface area contributed by atoms with Crippen LogP contribution < -0.4 is 20.3 Å². The van der Waals surface area contributed by atoms with E-state index in [-0.39, 0.29) is 24.0 Å². The van der Waals surface area contributed by atoms with Gasteiger partial charge < -0.3 is 20.3 Å². The average Bonchev–Trinajstić information content (AvgIpc) is 3.34. The minimum atomic E-state index is 0. The number of para-hydroxylation sites is 2. The summed E-state index contributed by atoms with van der Waals surface area (Å²) in [6.07, 6.45) is 2.19. The number of hydrogen-bond donors (Lipinski definition) is 2. The molecule has 3 rings (SSSR count). The Morgan fingerprint density at radius 3 is 2.79 bits per heavy atom. The standard InChI is InChI=1S/C22H32N4OS.HI/c1-16(13-19-10-9-17(2)28-19)25-22(23-3)24-14-18-11-12-26(15-18)20-7-5-6-8-21(20)27-4;/h5-10,16,18H,11-15H2,1-4H3,(H2,23,24,25);1H. The van der Waals surface area contributed by atoms with E-state index >= 15 is 0 Å². The number of aryl methyl sites for hydroxylation is 1. The van der Waals surface area contributed by atoms with Crippen molar-refractivity contribution in [3.63, 3.8) is 0 Å². The Bertz CT molecular complexity index is 795. The van der Waals surface area contributed by atoms with Gasteiger partial charge in [0, 0.05) is 48.9 Å². The lowest BCUT2D eigenvalue weighted by Crippen LogP contribution is -2.44. The van der Waals surface area contributed by atoms with Gasteiger partial charge in [-0.15, -0.1) is 35.3 Å². The molecule has 0 bridgehead atoms. The van der Waals surface area contributed by atoms with Gasteiger partial charge in [0.25, 0.3) is 0 Å². The Labute approximate surface area is 196 Å².